The van der Waals surface area contributed by atoms with Crippen LogP contribution in [0.15, 0.2) is 24.5 Å². The van der Waals surface area contributed by atoms with E-state index in [-0.39, 0.29) is 11.9 Å². The highest BCUT2D eigenvalue weighted by atomic mass is 16.1. The number of benzene rings is 1. The van der Waals surface area contributed by atoms with E-state index in [9.17, 15) is 4.79 Å². The molecule has 2 aromatic rings. The van der Waals surface area contributed by atoms with Gasteiger partial charge in [-0.1, -0.05) is 19.9 Å². The summed E-state index contributed by atoms with van der Waals surface area (Å²) in [6.07, 6.45) is 1.63. The molecule has 21 heavy (non-hydrogen) atoms. The van der Waals surface area contributed by atoms with Gasteiger partial charge >= 0.3 is 0 Å². The molecule has 2 heterocycles. The second kappa shape index (κ2) is 5.48. The molecular weight excluding hydrogens is 264 g/mol. The topological polar surface area (TPSA) is 61.0 Å². The van der Waals surface area contributed by atoms with Gasteiger partial charge in [-0.3, -0.25) is 4.79 Å². The number of para-hydroxylation sites is 1. The van der Waals surface area contributed by atoms with Gasteiger partial charge in [-0.2, -0.15) is 0 Å². The predicted molar refractivity (Wildman–Crippen MR) is 83.2 cm³/mol. The van der Waals surface area contributed by atoms with E-state index < -0.39 is 0 Å². The molecule has 2 N–H and O–H groups in total. The number of piperidine rings is 1. The van der Waals surface area contributed by atoms with Crippen LogP contribution in [0.4, 0.5) is 0 Å². The van der Waals surface area contributed by atoms with Crippen LogP contribution in [0.25, 0.3) is 11.0 Å². The molecule has 112 valence electrons. The standard InChI is InChI=1S/C16H22N4O/c1-10-7-20(3)8-11(2)14(10)19-16(21)12-5-4-6-13-15(12)18-9-17-13/h4-6,9-11,14H,7-8H2,1-3H3,(H,17,18)(H,19,21). The van der Waals surface area contributed by atoms with Crippen molar-refractivity contribution < 1.29 is 4.79 Å². The normalized spacial score (nSPS) is 26.9. The monoisotopic (exact) mass is 286 g/mol. The molecule has 1 saturated heterocycles. The minimum Gasteiger partial charge on any atom is -0.349 e. The number of nitrogens with zero attached hydrogens (tertiary/aromatic N) is 2. The van der Waals surface area contributed by atoms with Crippen LogP contribution in [0.5, 0.6) is 0 Å². The summed E-state index contributed by atoms with van der Waals surface area (Å²) in [5.74, 6) is 0.864. The van der Waals surface area contributed by atoms with E-state index in [0.717, 1.165) is 24.1 Å². The second-order valence-electron chi connectivity index (χ2n) is 6.28. The Hall–Kier alpha value is -1.88. The van der Waals surface area contributed by atoms with Crippen LogP contribution in [0.2, 0.25) is 0 Å². The molecule has 0 spiro atoms. The van der Waals surface area contributed by atoms with Gasteiger partial charge in [-0.15, -0.1) is 0 Å². The van der Waals surface area contributed by atoms with Gasteiger partial charge < -0.3 is 15.2 Å². The molecule has 5 heteroatoms. The first-order chi connectivity index (χ1) is 10.1. The fourth-order valence-electron chi connectivity index (χ4n) is 3.51. The lowest BCUT2D eigenvalue weighted by Gasteiger charge is -2.40. The lowest BCUT2D eigenvalue weighted by molar-refractivity contribution is 0.0808. The summed E-state index contributed by atoms with van der Waals surface area (Å²) in [5.41, 5.74) is 2.28. The quantitative estimate of drug-likeness (QED) is 0.886. The minimum atomic E-state index is -0.0269. The van der Waals surface area contributed by atoms with E-state index in [4.69, 9.17) is 0 Å². The lowest BCUT2D eigenvalue weighted by atomic mass is 9.86. The zero-order valence-corrected chi connectivity index (χ0v) is 12.8. The maximum absolute atomic E-state index is 12.6. The third kappa shape index (κ3) is 2.65. The van der Waals surface area contributed by atoms with Crippen LogP contribution in [-0.4, -0.2) is 47.0 Å². The zero-order chi connectivity index (χ0) is 15.0. The molecule has 0 bridgehead atoms. The molecule has 0 aliphatic carbocycles. The van der Waals surface area contributed by atoms with Gasteiger partial charge in [0.25, 0.3) is 5.91 Å². The number of likely N-dealkylation sites (tertiary alicyclic amines) is 1. The summed E-state index contributed by atoms with van der Waals surface area (Å²) in [6, 6.07) is 5.86. The number of amides is 1. The van der Waals surface area contributed by atoms with Gasteiger partial charge in [0.05, 0.1) is 17.4 Å². The highest BCUT2D eigenvalue weighted by Gasteiger charge is 2.31. The van der Waals surface area contributed by atoms with Crippen molar-refractivity contribution in [1.82, 2.24) is 20.2 Å². The molecule has 2 atom stereocenters. The van der Waals surface area contributed by atoms with Crippen molar-refractivity contribution >= 4 is 16.9 Å². The minimum absolute atomic E-state index is 0.0269. The van der Waals surface area contributed by atoms with Crippen LogP contribution < -0.4 is 5.32 Å². The summed E-state index contributed by atoms with van der Waals surface area (Å²) >= 11 is 0. The molecule has 1 aliphatic heterocycles. The summed E-state index contributed by atoms with van der Waals surface area (Å²) in [6.45, 7) is 6.43. The third-order valence-corrected chi connectivity index (χ3v) is 4.42. The number of H-pyrrole nitrogens is 1. The van der Waals surface area contributed by atoms with Crippen molar-refractivity contribution in [2.45, 2.75) is 19.9 Å². The van der Waals surface area contributed by atoms with Crippen molar-refractivity contribution in [2.75, 3.05) is 20.1 Å². The van der Waals surface area contributed by atoms with Crippen LogP contribution in [0.1, 0.15) is 24.2 Å². The van der Waals surface area contributed by atoms with Crippen molar-refractivity contribution in [1.29, 1.82) is 0 Å². The molecule has 0 saturated carbocycles. The summed E-state index contributed by atoms with van der Waals surface area (Å²) in [5, 5.41) is 3.22. The highest BCUT2D eigenvalue weighted by Crippen LogP contribution is 2.22. The number of aromatic nitrogens is 2. The number of rotatable bonds is 2. The number of hydrogen-bond acceptors (Lipinski definition) is 3. The Morgan fingerprint density at radius 3 is 2.76 bits per heavy atom. The lowest BCUT2D eigenvalue weighted by Crippen LogP contribution is -2.53. The average Bonchev–Trinajstić information content (AvgIpc) is 2.90. The zero-order valence-electron chi connectivity index (χ0n) is 12.8. The molecule has 1 aliphatic rings. The van der Waals surface area contributed by atoms with Gasteiger partial charge in [0.15, 0.2) is 0 Å². The van der Waals surface area contributed by atoms with Crippen LogP contribution in [-0.2, 0) is 0 Å². The molecular formula is C16H22N4O. The second-order valence-corrected chi connectivity index (χ2v) is 6.28. The molecule has 0 radical (unpaired) electrons. The first kappa shape index (κ1) is 14.1. The SMILES string of the molecule is CC1CN(C)CC(C)C1NC(=O)c1cccc2[nH]cnc12. The number of imidazole rings is 1. The van der Waals surface area contributed by atoms with Gasteiger partial charge in [-0.25, -0.2) is 4.98 Å². The number of carbonyl (C=O) groups excluding carboxylic acids is 1. The molecule has 1 aromatic carbocycles. The summed E-state index contributed by atoms with van der Waals surface area (Å²) < 4.78 is 0. The smallest absolute Gasteiger partial charge is 0.253 e. The van der Waals surface area contributed by atoms with Crippen molar-refractivity contribution in [3.05, 3.63) is 30.1 Å². The maximum atomic E-state index is 12.6. The molecule has 1 aromatic heterocycles. The van der Waals surface area contributed by atoms with Crippen molar-refractivity contribution in [3.8, 4) is 0 Å². The Balaban J connectivity index is 1.81. The van der Waals surface area contributed by atoms with E-state index in [1.807, 2.05) is 18.2 Å². The van der Waals surface area contributed by atoms with E-state index in [0.29, 0.717) is 17.4 Å². The number of carbonyl (C=O) groups is 1. The summed E-state index contributed by atoms with van der Waals surface area (Å²) in [4.78, 5) is 22.2. The molecule has 2 unspecified atom stereocenters. The average molecular weight is 286 g/mol. The van der Waals surface area contributed by atoms with Gasteiger partial charge in [0.1, 0.15) is 5.52 Å². The fourth-order valence-corrected chi connectivity index (χ4v) is 3.51. The highest BCUT2D eigenvalue weighted by molar-refractivity contribution is 6.04. The van der Waals surface area contributed by atoms with Gasteiger partial charge in [0, 0.05) is 19.1 Å². The largest absolute Gasteiger partial charge is 0.349 e. The van der Waals surface area contributed by atoms with Crippen molar-refractivity contribution in [2.24, 2.45) is 11.8 Å². The van der Waals surface area contributed by atoms with Crippen LogP contribution in [0, 0.1) is 11.8 Å². The van der Waals surface area contributed by atoms with Gasteiger partial charge in [-0.05, 0) is 31.0 Å². The van der Waals surface area contributed by atoms with Crippen LogP contribution >= 0.6 is 0 Å². The first-order valence-corrected chi connectivity index (χ1v) is 7.47. The number of hydrogen-bond donors (Lipinski definition) is 2. The Kier molecular flexibility index (Phi) is 3.68. The van der Waals surface area contributed by atoms with E-state index >= 15 is 0 Å². The van der Waals surface area contributed by atoms with Crippen molar-refractivity contribution in [3.63, 3.8) is 0 Å². The predicted octanol–water partition coefficient (Wildman–Crippen LogP) is 1.88. The molecule has 1 fully saturated rings. The third-order valence-electron chi connectivity index (χ3n) is 4.42. The first-order valence-electron chi connectivity index (χ1n) is 7.47. The Bertz CT molecular complexity index is 639. The molecule has 5 nitrogen and oxygen atoms in total. The fraction of sp³-hybridized carbons (Fsp3) is 0.500. The summed E-state index contributed by atoms with van der Waals surface area (Å²) in [7, 11) is 2.13. The van der Waals surface area contributed by atoms with E-state index in [2.05, 4.69) is 41.1 Å². The number of nitrogens with one attached hydrogen (secondary N) is 2. The molecule has 1 amide bonds. The maximum Gasteiger partial charge on any atom is 0.253 e. The van der Waals surface area contributed by atoms with Gasteiger partial charge in [0.2, 0.25) is 0 Å². The number of fused-ring (bicyclic) bond motifs is 1. The van der Waals surface area contributed by atoms with E-state index in [1.165, 1.54) is 0 Å². The Morgan fingerprint density at radius 1 is 1.33 bits per heavy atom. The number of aromatic amines is 1. The van der Waals surface area contributed by atoms with E-state index in [1.54, 1.807) is 6.33 Å². The Morgan fingerprint density at radius 2 is 2.05 bits per heavy atom. The Labute approximate surface area is 124 Å². The van der Waals surface area contributed by atoms with Crippen LogP contribution in [0.3, 0.4) is 0 Å². The molecule has 3 rings (SSSR count).